The lowest BCUT2D eigenvalue weighted by Crippen LogP contribution is -2.44. The summed E-state index contributed by atoms with van der Waals surface area (Å²) >= 11 is 0. The third kappa shape index (κ3) is 2.76. The molecule has 0 aliphatic carbocycles. The minimum absolute atomic E-state index is 0.295. The molecule has 1 N–H and O–H groups in total. The molecule has 0 amide bonds. The second kappa shape index (κ2) is 5.03. The molecule has 5 nitrogen and oxygen atoms in total. The summed E-state index contributed by atoms with van der Waals surface area (Å²) in [6.07, 6.45) is 3.48. The summed E-state index contributed by atoms with van der Waals surface area (Å²) < 4.78 is 12.6. The van der Waals surface area contributed by atoms with Gasteiger partial charge in [-0.25, -0.2) is 0 Å². The van der Waals surface area contributed by atoms with Crippen molar-refractivity contribution in [2.75, 3.05) is 13.2 Å². The molecule has 1 saturated heterocycles. The van der Waals surface area contributed by atoms with Crippen LogP contribution in [0.2, 0.25) is 0 Å². The molecular weight excluding hydrogens is 231 g/mol. The van der Waals surface area contributed by atoms with E-state index >= 15 is 0 Å². The zero-order valence-electron chi connectivity index (χ0n) is 11.5. The van der Waals surface area contributed by atoms with E-state index in [9.17, 15) is 5.02 Å². The van der Waals surface area contributed by atoms with Crippen LogP contribution in [0.4, 0.5) is 0 Å². The molecule has 1 aliphatic rings. The summed E-state index contributed by atoms with van der Waals surface area (Å²) in [6.45, 7) is 9.48. The van der Waals surface area contributed by atoms with Crippen LogP contribution in [0.25, 0.3) is 0 Å². The second-order valence-electron chi connectivity index (χ2n) is 5.67. The smallest absolute Gasteiger partial charge is 0.423 e. The van der Waals surface area contributed by atoms with Gasteiger partial charge in [0.15, 0.2) is 0 Å². The second-order valence-corrected chi connectivity index (χ2v) is 5.67. The van der Waals surface area contributed by atoms with Crippen LogP contribution in [0.15, 0.2) is 12.4 Å². The van der Waals surface area contributed by atoms with Crippen molar-refractivity contribution in [2.45, 2.75) is 39.3 Å². The maximum Gasteiger partial charge on any atom is 0.494 e. The van der Waals surface area contributed by atoms with E-state index in [2.05, 4.69) is 18.9 Å². The summed E-state index contributed by atoms with van der Waals surface area (Å²) in [6, 6.07) is 0.295. The van der Waals surface area contributed by atoms with Crippen LogP contribution >= 0.6 is 0 Å². The van der Waals surface area contributed by atoms with Gasteiger partial charge in [0.1, 0.15) is 0 Å². The molecule has 2 heterocycles. The number of rotatable bonds is 5. The van der Waals surface area contributed by atoms with Crippen molar-refractivity contribution in [1.29, 1.82) is 0 Å². The van der Waals surface area contributed by atoms with Crippen molar-refractivity contribution in [3.63, 3.8) is 0 Å². The van der Waals surface area contributed by atoms with Gasteiger partial charge in [-0.05, 0) is 19.8 Å². The standard InChI is InChI=1S/C12H21BN2O3/c1-9(2)12(3,4)18-13(16)10-5-14-15(6-10)11-7-17-8-11/h5-6,9,11,16H,7-8H2,1-4H3. The zero-order valence-corrected chi connectivity index (χ0v) is 11.5. The average Bonchev–Trinajstić information content (AvgIpc) is 2.63. The minimum atomic E-state index is -0.933. The molecule has 0 aromatic carbocycles. The Morgan fingerprint density at radius 3 is 2.72 bits per heavy atom. The van der Waals surface area contributed by atoms with Crippen LogP contribution in [0.5, 0.6) is 0 Å². The molecule has 1 aromatic heterocycles. The quantitative estimate of drug-likeness (QED) is 0.779. The van der Waals surface area contributed by atoms with Crippen LogP contribution in [-0.4, -0.2) is 40.7 Å². The molecule has 1 fully saturated rings. The van der Waals surface area contributed by atoms with Gasteiger partial charge < -0.3 is 14.4 Å². The molecule has 0 radical (unpaired) electrons. The molecule has 0 atom stereocenters. The molecule has 2 rings (SSSR count). The molecule has 1 aromatic rings. The molecule has 0 saturated carbocycles. The SMILES string of the molecule is CC(C)C(C)(C)OB(O)c1cnn(C2COC2)c1. The third-order valence-electron chi connectivity index (χ3n) is 3.71. The molecule has 0 bridgehead atoms. The van der Waals surface area contributed by atoms with Gasteiger partial charge in [0.05, 0.1) is 24.9 Å². The highest BCUT2D eigenvalue weighted by molar-refractivity contribution is 6.59. The Kier molecular flexibility index (Phi) is 3.80. The van der Waals surface area contributed by atoms with Crippen molar-refractivity contribution >= 4 is 12.6 Å². The fourth-order valence-corrected chi connectivity index (χ4v) is 1.55. The fourth-order valence-electron chi connectivity index (χ4n) is 1.55. The van der Waals surface area contributed by atoms with E-state index in [1.54, 1.807) is 6.20 Å². The van der Waals surface area contributed by atoms with Crippen LogP contribution in [0.1, 0.15) is 33.7 Å². The Morgan fingerprint density at radius 1 is 1.56 bits per heavy atom. The zero-order chi connectivity index (χ0) is 13.3. The Morgan fingerprint density at radius 2 is 2.22 bits per heavy atom. The first-order valence-electron chi connectivity index (χ1n) is 6.38. The van der Waals surface area contributed by atoms with Gasteiger partial charge in [-0.1, -0.05) is 13.8 Å². The summed E-state index contributed by atoms with van der Waals surface area (Å²) in [5.41, 5.74) is 0.316. The van der Waals surface area contributed by atoms with Crippen LogP contribution in [-0.2, 0) is 9.39 Å². The van der Waals surface area contributed by atoms with E-state index in [0.29, 0.717) is 30.6 Å². The van der Waals surface area contributed by atoms with Gasteiger partial charge in [-0.2, -0.15) is 5.10 Å². The number of nitrogens with zero attached hydrogens (tertiary/aromatic N) is 2. The summed E-state index contributed by atoms with van der Waals surface area (Å²) in [7, 11) is -0.933. The topological polar surface area (TPSA) is 56.5 Å². The maximum atomic E-state index is 10.1. The highest BCUT2D eigenvalue weighted by Crippen LogP contribution is 2.21. The molecule has 100 valence electrons. The Hall–Kier alpha value is -0.845. The first-order valence-corrected chi connectivity index (χ1v) is 6.38. The van der Waals surface area contributed by atoms with Crippen molar-refractivity contribution in [3.8, 4) is 0 Å². The molecule has 0 unspecified atom stereocenters. The van der Waals surface area contributed by atoms with Crippen LogP contribution in [0.3, 0.4) is 0 Å². The summed E-state index contributed by atoms with van der Waals surface area (Å²) in [5.74, 6) is 0.322. The molecule has 0 spiro atoms. The lowest BCUT2D eigenvalue weighted by molar-refractivity contribution is -0.0286. The molecule has 1 aliphatic heterocycles. The highest BCUT2D eigenvalue weighted by atomic mass is 16.5. The van der Waals surface area contributed by atoms with Gasteiger partial charge in [0.25, 0.3) is 0 Å². The minimum Gasteiger partial charge on any atom is -0.423 e. The first kappa shape index (κ1) is 13.6. The third-order valence-corrected chi connectivity index (χ3v) is 3.71. The monoisotopic (exact) mass is 252 g/mol. The summed E-state index contributed by atoms with van der Waals surface area (Å²) in [4.78, 5) is 0. The van der Waals surface area contributed by atoms with E-state index in [-0.39, 0.29) is 5.60 Å². The molecule has 18 heavy (non-hydrogen) atoms. The van der Waals surface area contributed by atoms with Crippen molar-refractivity contribution in [1.82, 2.24) is 9.78 Å². The van der Waals surface area contributed by atoms with Gasteiger partial charge >= 0.3 is 7.12 Å². The molecular formula is C12H21BN2O3. The number of hydrogen-bond donors (Lipinski definition) is 1. The number of aromatic nitrogens is 2. The maximum absolute atomic E-state index is 10.1. The fraction of sp³-hybridized carbons (Fsp3) is 0.750. The normalized spacial score (nSPS) is 17.0. The van der Waals surface area contributed by atoms with Crippen LogP contribution in [0, 0.1) is 5.92 Å². The largest absolute Gasteiger partial charge is 0.494 e. The lowest BCUT2D eigenvalue weighted by Gasteiger charge is -2.31. The van der Waals surface area contributed by atoms with Crippen molar-refractivity contribution in [2.24, 2.45) is 5.92 Å². The Bertz CT molecular complexity index is 402. The Labute approximate surface area is 108 Å². The van der Waals surface area contributed by atoms with E-state index < -0.39 is 7.12 Å². The van der Waals surface area contributed by atoms with Gasteiger partial charge in [-0.15, -0.1) is 0 Å². The summed E-state index contributed by atoms with van der Waals surface area (Å²) in [5, 5.41) is 14.3. The molecule has 6 heteroatoms. The van der Waals surface area contributed by atoms with E-state index in [4.69, 9.17) is 9.39 Å². The lowest BCUT2D eigenvalue weighted by atomic mass is 9.79. The number of hydrogen-bond acceptors (Lipinski definition) is 4. The predicted octanol–water partition coefficient (Wildman–Crippen LogP) is 0.593. The first-order chi connectivity index (χ1) is 8.40. The van der Waals surface area contributed by atoms with Gasteiger partial charge in [0, 0.05) is 17.9 Å². The Balaban J connectivity index is 2.00. The van der Waals surface area contributed by atoms with E-state index in [1.165, 1.54) is 0 Å². The highest BCUT2D eigenvalue weighted by Gasteiger charge is 2.31. The van der Waals surface area contributed by atoms with E-state index in [0.717, 1.165) is 0 Å². The average molecular weight is 252 g/mol. The van der Waals surface area contributed by atoms with E-state index in [1.807, 2.05) is 24.7 Å². The predicted molar refractivity (Wildman–Crippen MR) is 69.7 cm³/mol. The van der Waals surface area contributed by atoms with Gasteiger partial charge in [-0.3, -0.25) is 4.68 Å². The van der Waals surface area contributed by atoms with Crippen molar-refractivity contribution < 1.29 is 14.4 Å². The van der Waals surface area contributed by atoms with Crippen molar-refractivity contribution in [3.05, 3.63) is 12.4 Å². The van der Waals surface area contributed by atoms with Crippen LogP contribution < -0.4 is 5.46 Å². The van der Waals surface area contributed by atoms with Gasteiger partial charge in [0.2, 0.25) is 0 Å². The number of ether oxygens (including phenoxy) is 1.